The lowest BCUT2D eigenvalue weighted by Crippen LogP contribution is -2.58. The van der Waals surface area contributed by atoms with Crippen molar-refractivity contribution in [3.05, 3.63) is 11.6 Å². The monoisotopic (exact) mass is 406 g/mol. The van der Waals surface area contributed by atoms with Crippen LogP contribution in [0.15, 0.2) is 11.6 Å². The van der Waals surface area contributed by atoms with Gasteiger partial charge in [-0.1, -0.05) is 19.9 Å². The molecule has 2 N–H and O–H groups in total. The minimum Gasteiger partial charge on any atom is -0.458 e. The van der Waals surface area contributed by atoms with Gasteiger partial charge in [-0.25, -0.2) is 0 Å². The maximum Gasteiger partial charge on any atom is 0.303 e. The fourth-order valence-electron chi connectivity index (χ4n) is 7.28. The highest BCUT2D eigenvalue weighted by Crippen LogP contribution is 2.65. The smallest absolute Gasteiger partial charge is 0.303 e. The maximum absolute atomic E-state index is 11.8. The van der Waals surface area contributed by atoms with Gasteiger partial charge in [0.25, 0.3) is 0 Å². The molecule has 0 unspecified atom stereocenters. The fraction of sp³-hybridized carbons (Fsp3) is 0.826. The molecular formula is C23H34O6. The number of fused-ring (bicyclic) bond motifs is 5. The van der Waals surface area contributed by atoms with Crippen LogP contribution in [0, 0.1) is 28.6 Å². The summed E-state index contributed by atoms with van der Waals surface area (Å²) in [4.78, 5) is 23.4. The van der Waals surface area contributed by atoms with Crippen LogP contribution in [0.3, 0.4) is 0 Å². The SMILES string of the molecule is CC(=O)O[C@@H]1C2=C[C@H](O)[C@H]3[C@@H]4CC[C@H](O)[C@@]4(C)CC[C@@H]3[C@@]2(C)CC[C@H]1OC(C)=O. The third-order valence-corrected chi connectivity index (χ3v) is 8.71. The van der Waals surface area contributed by atoms with Crippen LogP contribution in [-0.4, -0.2) is 46.6 Å². The van der Waals surface area contributed by atoms with E-state index < -0.39 is 24.3 Å². The Labute approximate surface area is 172 Å². The van der Waals surface area contributed by atoms with Gasteiger partial charge in [-0.15, -0.1) is 0 Å². The molecule has 0 bridgehead atoms. The third kappa shape index (κ3) is 3.14. The second kappa shape index (κ2) is 7.09. The zero-order chi connectivity index (χ0) is 21.1. The predicted octanol–water partition coefficient (Wildman–Crippen LogP) is 2.75. The third-order valence-electron chi connectivity index (χ3n) is 8.71. The number of hydrogen-bond donors (Lipinski definition) is 2. The van der Waals surface area contributed by atoms with Crippen LogP contribution >= 0.6 is 0 Å². The summed E-state index contributed by atoms with van der Waals surface area (Å²) in [5.74, 6) is -0.151. The van der Waals surface area contributed by atoms with Crippen LogP contribution in [0.2, 0.25) is 0 Å². The van der Waals surface area contributed by atoms with Crippen molar-refractivity contribution in [2.75, 3.05) is 0 Å². The van der Waals surface area contributed by atoms with Gasteiger partial charge in [0.15, 0.2) is 6.10 Å². The van der Waals surface area contributed by atoms with Gasteiger partial charge in [0.2, 0.25) is 0 Å². The van der Waals surface area contributed by atoms with Crippen LogP contribution in [0.25, 0.3) is 0 Å². The molecule has 0 aromatic rings. The minimum atomic E-state index is -0.646. The molecule has 0 aromatic heterocycles. The molecular weight excluding hydrogens is 372 g/mol. The van der Waals surface area contributed by atoms with Gasteiger partial charge in [0.1, 0.15) is 6.10 Å². The molecule has 162 valence electrons. The first-order valence-corrected chi connectivity index (χ1v) is 11.0. The standard InChI is InChI=1S/C23H34O6/c1-12(24)28-18-8-10-22(3)15-7-9-23(4)14(5-6-19(23)27)20(15)17(26)11-16(22)21(18)29-13(2)25/h11,14-15,17-21,26-27H,5-10H2,1-4H3/t14-,15-,17-,18+,19-,20-,21+,22+,23-/m0/s1. The van der Waals surface area contributed by atoms with Crippen LogP contribution < -0.4 is 0 Å². The first-order valence-electron chi connectivity index (χ1n) is 11.0. The summed E-state index contributed by atoms with van der Waals surface area (Å²) in [6.45, 7) is 7.13. The van der Waals surface area contributed by atoms with Gasteiger partial charge in [-0.05, 0) is 72.7 Å². The van der Waals surface area contributed by atoms with E-state index in [1.807, 2.05) is 6.08 Å². The number of esters is 2. The number of carbonyl (C=O) groups is 2. The predicted molar refractivity (Wildman–Crippen MR) is 106 cm³/mol. The van der Waals surface area contributed by atoms with Crippen molar-refractivity contribution in [1.29, 1.82) is 0 Å². The molecule has 3 saturated carbocycles. The van der Waals surface area contributed by atoms with Gasteiger partial charge < -0.3 is 19.7 Å². The Morgan fingerprint density at radius 2 is 1.66 bits per heavy atom. The summed E-state index contributed by atoms with van der Waals surface area (Å²) >= 11 is 0. The molecule has 29 heavy (non-hydrogen) atoms. The molecule has 0 aromatic carbocycles. The first kappa shape index (κ1) is 20.9. The first-order chi connectivity index (χ1) is 13.6. The van der Waals surface area contributed by atoms with Crippen molar-refractivity contribution in [2.24, 2.45) is 28.6 Å². The molecule has 4 aliphatic carbocycles. The van der Waals surface area contributed by atoms with Crippen LogP contribution in [0.1, 0.15) is 66.2 Å². The van der Waals surface area contributed by atoms with Crippen LogP contribution in [0.4, 0.5) is 0 Å². The summed E-state index contributed by atoms with van der Waals surface area (Å²) in [6, 6.07) is 0. The van der Waals surface area contributed by atoms with Crippen molar-refractivity contribution < 1.29 is 29.3 Å². The molecule has 4 aliphatic rings. The largest absolute Gasteiger partial charge is 0.458 e. The molecule has 9 atom stereocenters. The molecule has 4 rings (SSSR count). The lowest BCUT2D eigenvalue weighted by Gasteiger charge is -2.59. The zero-order valence-corrected chi connectivity index (χ0v) is 17.9. The number of aliphatic hydroxyl groups is 2. The Hall–Kier alpha value is -1.40. The van der Waals surface area contributed by atoms with E-state index in [2.05, 4.69) is 13.8 Å². The number of rotatable bonds is 2. The number of ether oxygens (including phenoxy) is 2. The van der Waals surface area contributed by atoms with E-state index in [4.69, 9.17) is 9.47 Å². The van der Waals surface area contributed by atoms with Crippen molar-refractivity contribution in [3.63, 3.8) is 0 Å². The Balaban J connectivity index is 1.72. The quantitative estimate of drug-likeness (QED) is 0.541. The van der Waals surface area contributed by atoms with Crippen molar-refractivity contribution >= 4 is 11.9 Å². The Bertz CT molecular complexity index is 731. The lowest BCUT2D eigenvalue weighted by atomic mass is 9.47. The molecule has 0 amide bonds. The maximum atomic E-state index is 11.8. The number of carbonyl (C=O) groups excluding carboxylic acids is 2. The highest BCUT2D eigenvalue weighted by atomic mass is 16.6. The van der Waals surface area contributed by atoms with E-state index in [1.54, 1.807) is 0 Å². The van der Waals surface area contributed by atoms with Gasteiger partial charge in [0, 0.05) is 13.8 Å². The number of aliphatic hydroxyl groups excluding tert-OH is 2. The highest BCUT2D eigenvalue weighted by molar-refractivity contribution is 5.68. The topological polar surface area (TPSA) is 93.1 Å². The normalized spacial score (nSPS) is 48.6. The van der Waals surface area contributed by atoms with E-state index >= 15 is 0 Å². The average molecular weight is 407 g/mol. The van der Waals surface area contributed by atoms with Crippen molar-refractivity contribution in [1.82, 2.24) is 0 Å². The summed E-state index contributed by atoms with van der Waals surface area (Å²) in [5.41, 5.74) is 0.560. The molecule has 0 radical (unpaired) electrons. The summed E-state index contributed by atoms with van der Waals surface area (Å²) in [6.07, 6.45) is 4.86. The van der Waals surface area contributed by atoms with Gasteiger partial charge in [0.05, 0.1) is 12.2 Å². The van der Waals surface area contributed by atoms with Crippen LogP contribution in [-0.2, 0) is 19.1 Å². The van der Waals surface area contributed by atoms with Crippen molar-refractivity contribution in [2.45, 2.75) is 90.6 Å². The summed E-state index contributed by atoms with van der Waals surface area (Å²) in [7, 11) is 0. The molecule has 0 saturated heterocycles. The minimum absolute atomic E-state index is 0.0999. The van der Waals surface area contributed by atoms with Crippen molar-refractivity contribution in [3.8, 4) is 0 Å². The van der Waals surface area contributed by atoms with Gasteiger partial charge in [-0.2, -0.15) is 0 Å². The van der Waals surface area contributed by atoms with Crippen LogP contribution in [0.5, 0.6) is 0 Å². The Morgan fingerprint density at radius 1 is 0.966 bits per heavy atom. The molecule has 0 heterocycles. The lowest BCUT2D eigenvalue weighted by molar-refractivity contribution is -0.172. The van der Waals surface area contributed by atoms with E-state index in [-0.39, 0.29) is 34.7 Å². The Morgan fingerprint density at radius 3 is 2.31 bits per heavy atom. The second-order valence-corrected chi connectivity index (χ2v) is 10.2. The average Bonchev–Trinajstić information content (AvgIpc) is 2.93. The Kier molecular flexibility index (Phi) is 5.10. The number of hydrogen-bond acceptors (Lipinski definition) is 6. The summed E-state index contributed by atoms with van der Waals surface area (Å²) < 4.78 is 11.2. The fourth-order valence-corrected chi connectivity index (χ4v) is 7.28. The summed E-state index contributed by atoms with van der Waals surface area (Å²) in [5, 5.41) is 21.8. The zero-order valence-electron chi connectivity index (χ0n) is 17.9. The molecule has 6 heteroatoms. The van der Waals surface area contributed by atoms with E-state index in [0.717, 1.165) is 37.7 Å². The molecule has 6 nitrogen and oxygen atoms in total. The van der Waals surface area contributed by atoms with Gasteiger partial charge in [-0.3, -0.25) is 9.59 Å². The van der Waals surface area contributed by atoms with E-state index in [9.17, 15) is 19.8 Å². The van der Waals surface area contributed by atoms with Gasteiger partial charge >= 0.3 is 11.9 Å². The second-order valence-electron chi connectivity index (χ2n) is 10.2. The molecule has 3 fully saturated rings. The van der Waals surface area contributed by atoms with E-state index in [0.29, 0.717) is 12.3 Å². The highest BCUT2D eigenvalue weighted by Gasteiger charge is 2.62. The molecule has 0 aliphatic heterocycles. The van der Waals surface area contributed by atoms with E-state index in [1.165, 1.54) is 13.8 Å². The molecule has 0 spiro atoms.